The van der Waals surface area contributed by atoms with Crippen LogP contribution in [0.25, 0.3) is 0 Å². The van der Waals surface area contributed by atoms with Crippen molar-refractivity contribution in [2.24, 2.45) is 0 Å². The number of hydrogen-bond donors (Lipinski definition) is 1. The summed E-state index contributed by atoms with van der Waals surface area (Å²) < 4.78 is 0. The number of hydrogen-bond acceptors (Lipinski definition) is 2. The first kappa shape index (κ1) is 14.0. The van der Waals surface area contributed by atoms with Gasteiger partial charge in [-0.25, -0.2) is 4.79 Å². The van der Waals surface area contributed by atoms with Crippen LogP contribution in [-0.2, 0) is 22.4 Å². The van der Waals surface area contributed by atoms with Crippen LogP contribution in [0.4, 0.5) is 0 Å². The van der Waals surface area contributed by atoms with E-state index in [-0.39, 0.29) is 11.8 Å². The Balaban J connectivity index is 1.67. The van der Waals surface area contributed by atoms with E-state index in [4.69, 9.17) is 0 Å². The minimum absolute atomic E-state index is 0.0643. The van der Waals surface area contributed by atoms with Gasteiger partial charge >= 0.3 is 5.97 Å². The molecule has 0 spiro atoms. The predicted molar refractivity (Wildman–Crippen MR) is 85.1 cm³/mol. The van der Waals surface area contributed by atoms with Crippen molar-refractivity contribution in [3.63, 3.8) is 0 Å². The van der Waals surface area contributed by atoms with Crippen LogP contribution < -0.4 is 0 Å². The fourth-order valence-electron chi connectivity index (χ4n) is 3.75. The molecule has 1 amide bonds. The lowest BCUT2D eigenvalue weighted by Crippen LogP contribution is -2.47. The average Bonchev–Trinajstić information content (AvgIpc) is 2.54. The number of carbonyl (C=O) groups is 2. The van der Waals surface area contributed by atoms with Crippen molar-refractivity contribution < 1.29 is 14.7 Å². The van der Waals surface area contributed by atoms with Crippen molar-refractivity contribution in [2.75, 3.05) is 6.54 Å². The van der Waals surface area contributed by atoms with Crippen molar-refractivity contribution in [1.29, 1.82) is 0 Å². The summed E-state index contributed by atoms with van der Waals surface area (Å²) in [5.74, 6) is -1.22. The molecule has 0 fully saturated rings. The molecule has 23 heavy (non-hydrogen) atoms. The second kappa shape index (κ2) is 5.23. The van der Waals surface area contributed by atoms with Gasteiger partial charge in [0.2, 0.25) is 5.91 Å². The Bertz CT molecular complexity index is 799. The summed E-state index contributed by atoms with van der Waals surface area (Å²) in [6, 6.07) is 14.5. The van der Waals surface area contributed by atoms with Gasteiger partial charge in [-0.2, -0.15) is 0 Å². The van der Waals surface area contributed by atoms with E-state index >= 15 is 0 Å². The zero-order chi connectivity index (χ0) is 16.0. The van der Waals surface area contributed by atoms with Crippen LogP contribution in [0, 0.1) is 0 Å². The number of amides is 1. The highest BCUT2D eigenvalue weighted by atomic mass is 16.4. The Hall–Kier alpha value is -2.62. The first-order valence-electron chi connectivity index (χ1n) is 7.85. The summed E-state index contributed by atoms with van der Waals surface area (Å²) >= 11 is 0. The summed E-state index contributed by atoms with van der Waals surface area (Å²) in [7, 11) is 0. The minimum atomic E-state index is -0.960. The fraction of sp³-hybridized carbons (Fsp3) is 0.263. The molecule has 2 aliphatic rings. The van der Waals surface area contributed by atoms with Crippen LogP contribution in [0.15, 0.2) is 48.5 Å². The quantitative estimate of drug-likeness (QED) is 0.927. The zero-order valence-electron chi connectivity index (χ0n) is 12.6. The lowest BCUT2D eigenvalue weighted by atomic mass is 9.76. The summed E-state index contributed by atoms with van der Waals surface area (Å²) in [6.07, 6.45) is 1.42. The smallest absolute Gasteiger partial charge is 0.331 e. The largest absolute Gasteiger partial charge is 0.479 e. The van der Waals surface area contributed by atoms with Crippen molar-refractivity contribution in [2.45, 2.75) is 24.8 Å². The fourth-order valence-corrected chi connectivity index (χ4v) is 3.75. The van der Waals surface area contributed by atoms with E-state index < -0.39 is 12.0 Å². The summed E-state index contributed by atoms with van der Waals surface area (Å²) in [5.41, 5.74) is 4.00. The van der Waals surface area contributed by atoms with Crippen molar-refractivity contribution in [3.8, 4) is 0 Å². The lowest BCUT2D eigenvalue weighted by Gasteiger charge is -2.39. The van der Waals surface area contributed by atoms with E-state index in [0.29, 0.717) is 19.4 Å². The lowest BCUT2D eigenvalue weighted by molar-refractivity contribution is -0.152. The molecule has 2 atom stereocenters. The van der Waals surface area contributed by atoms with Crippen LogP contribution in [-0.4, -0.2) is 28.4 Å². The van der Waals surface area contributed by atoms with E-state index in [9.17, 15) is 14.7 Å². The summed E-state index contributed by atoms with van der Waals surface area (Å²) in [4.78, 5) is 26.3. The minimum Gasteiger partial charge on any atom is -0.479 e. The zero-order valence-corrected chi connectivity index (χ0v) is 12.6. The number of nitrogens with zero attached hydrogens (tertiary/aromatic N) is 1. The van der Waals surface area contributed by atoms with Gasteiger partial charge in [0.25, 0.3) is 0 Å². The van der Waals surface area contributed by atoms with Gasteiger partial charge in [-0.1, -0.05) is 48.5 Å². The second-order valence-electron chi connectivity index (χ2n) is 6.18. The molecule has 4 rings (SSSR count). The van der Waals surface area contributed by atoms with Gasteiger partial charge < -0.3 is 10.0 Å². The molecule has 1 heterocycles. The molecule has 4 nitrogen and oxygen atoms in total. The topological polar surface area (TPSA) is 57.6 Å². The van der Waals surface area contributed by atoms with Gasteiger partial charge in [-0.15, -0.1) is 0 Å². The first-order valence-corrected chi connectivity index (χ1v) is 7.85. The predicted octanol–water partition coefficient (Wildman–Crippen LogP) is 2.54. The maximum atomic E-state index is 12.9. The third-order valence-electron chi connectivity index (χ3n) is 4.95. The van der Waals surface area contributed by atoms with E-state index in [2.05, 4.69) is 0 Å². The number of carboxylic acid groups (broad SMARTS) is 1. The maximum absolute atomic E-state index is 12.9. The van der Waals surface area contributed by atoms with E-state index in [1.54, 1.807) is 4.90 Å². The number of fused-ring (bicyclic) bond motifs is 2. The Morgan fingerprint density at radius 2 is 1.61 bits per heavy atom. The Kier molecular flexibility index (Phi) is 3.18. The van der Waals surface area contributed by atoms with Gasteiger partial charge in [-0.3, -0.25) is 4.79 Å². The van der Waals surface area contributed by atoms with Crippen molar-refractivity contribution in [3.05, 3.63) is 70.8 Å². The SMILES string of the molecule is O=C(O)[C@H]1c2ccccc2CCN1C(=O)[C@@H]1Cc2ccccc21. The summed E-state index contributed by atoms with van der Waals surface area (Å²) in [5, 5.41) is 9.68. The van der Waals surface area contributed by atoms with Crippen LogP contribution in [0.3, 0.4) is 0 Å². The number of aliphatic carboxylic acids is 1. The molecule has 0 saturated carbocycles. The third-order valence-corrected chi connectivity index (χ3v) is 4.95. The maximum Gasteiger partial charge on any atom is 0.331 e. The number of carboxylic acids is 1. The molecule has 0 radical (unpaired) electrons. The Morgan fingerprint density at radius 3 is 2.30 bits per heavy atom. The van der Waals surface area contributed by atoms with Crippen LogP contribution in [0.5, 0.6) is 0 Å². The highest BCUT2D eigenvalue weighted by Gasteiger charge is 2.41. The molecular formula is C19H17NO3. The van der Waals surface area contributed by atoms with Crippen molar-refractivity contribution >= 4 is 11.9 Å². The molecule has 1 N–H and O–H groups in total. The molecule has 0 unspecified atom stereocenters. The number of benzene rings is 2. The molecule has 4 heteroatoms. The third kappa shape index (κ3) is 2.13. The average molecular weight is 307 g/mol. The molecule has 1 aliphatic heterocycles. The molecular weight excluding hydrogens is 290 g/mol. The van der Waals surface area contributed by atoms with E-state index in [1.807, 2.05) is 48.5 Å². The van der Waals surface area contributed by atoms with Gasteiger partial charge in [0, 0.05) is 6.54 Å². The molecule has 116 valence electrons. The highest BCUT2D eigenvalue weighted by molar-refractivity contribution is 5.91. The van der Waals surface area contributed by atoms with Crippen LogP contribution in [0.2, 0.25) is 0 Å². The molecule has 0 aromatic heterocycles. The van der Waals surface area contributed by atoms with Gasteiger partial charge in [0.05, 0.1) is 5.92 Å². The monoisotopic (exact) mass is 307 g/mol. The van der Waals surface area contributed by atoms with Crippen LogP contribution >= 0.6 is 0 Å². The number of carbonyl (C=O) groups excluding carboxylic acids is 1. The van der Waals surface area contributed by atoms with E-state index in [0.717, 1.165) is 16.7 Å². The number of rotatable bonds is 2. The van der Waals surface area contributed by atoms with Crippen LogP contribution in [0.1, 0.15) is 34.2 Å². The van der Waals surface area contributed by atoms with Gasteiger partial charge in [0.15, 0.2) is 6.04 Å². The first-order chi connectivity index (χ1) is 11.2. The molecule has 1 aliphatic carbocycles. The Labute approximate surface area is 134 Å². The van der Waals surface area contributed by atoms with Crippen molar-refractivity contribution in [1.82, 2.24) is 4.90 Å². The molecule has 2 aromatic rings. The van der Waals surface area contributed by atoms with E-state index in [1.165, 1.54) is 5.56 Å². The molecule has 0 saturated heterocycles. The molecule has 0 bridgehead atoms. The molecule has 2 aromatic carbocycles. The Morgan fingerprint density at radius 1 is 0.957 bits per heavy atom. The highest BCUT2D eigenvalue weighted by Crippen LogP contribution is 2.39. The second-order valence-corrected chi connectivity index (χ2v) is 6.18. The normalized spacial score (nSPS) is 21.8. The standard InChI is InChI=1S/C19H17NO3/c21-18(16-11-13-6-2-3-7-14(13)16)20-10-9-12-5-1-4-8-15(12)17(20)19(22)23/h1-8,16-17H,9-11H2,(H,22,23)/t16-,17-/m1/s1. The van der Waals surface area contributed by atoms with Gasteiger partial charge in [-0.05, 0) is 35.1 Å². The summed E-state index contributed by atoms with van der Waals surface area (Å²) in [6.45, 7) is 0.464. The van der Waals surface area contributed by atoms with Gasteiger partial charge in [0.1, 0.15) is 0 Å².